The van der Waals surface area contributed by atoms with E-state index >= 15 is 0 Å². The summed E-state index contributed by atoms with van der Waals surface area (Å²) in [5.74, 6) is 1.78. The summed E-state index contributed by atoms with van der Waals surface area (Å²) in [4.78, 5) is 0. The summed E-state index contributed by atoms with van der Waals surface area (Å²) in [5.41, 5.74) is 8.91. The molecule has 0 amide bonds. The first-order valence-corrected chi connectivity index (χ1v) is 15.8. The van der Waals surface area contributed by atoms with E-state index < -0.39 is 5.41 Å². The lowest BCUT2D eigenvalue weighted by molar-refractivity contribution is 0.439. The van der Waals surface area contributed by atoms with Gasteiger partial charge in [-0.05, 0) is 67.1 Å². The van der Waals surface area contributed by atoms with Crippen molar-refractivity contribution in [1.29, 1.82) is 0 Å². The van der Waals surface area contributed by atoms with Crippen molar-refractivity contribution in [1.82, 2.24) is 0 Å². The summed E-state index contributed by atoms with van der Waals surface area (Å²) in [6.07, 6.45) is 0. The molecule has 0 saturated carbocycles. The second kappa shape index (κ2) is 10.6. The molecule has 0 atom stereocenters. The minimum Gasteiger partial charge on any atom is -0.457 e. The van der Waals surface area contributed by atoms with E-state index in [9.17, 15) is 0 Å². The van der Waals surface area contributed by atoms with Crippen molar-refractivity contribution in [3.63, 3.8) is 0 Å². The van der Waals surface area contributed by atoms with E-state index in [-0.39, 0.29) is 0 Å². The van der Waals surface area contributed by atoms with E-state index in [0.717, 1.165) is 11.5 Å². The molecule has 0 radical (unpaired) electrons. The van der Waals surface area contributed by atoms with Gasteiger partial charge in [0.15, 0.2) is 0 Å². The average molecular weight is 587 g/mol. The second-order valence-electron chi connectivity index (χ2n) is 12.1. The molecule has 1 heterocycles. The fraction of sp³-hybridized carbons (Fsp3) is 0.0222. The molecule has 0 N–H and O–H groups in total. The van der Waals surface area contributed by atoms with Gasteiger partial charge >= 0.3 is 0 Å². The summed E-state index contributed by atoms with van der Waals surface area (Å²) in [5, 5.41) is 4.77. The highest BCUT2D eigenvalue weighted by Gasteiger charge is 2.47. The molecular formula is C45H30O. The fourth-order valence-electron chi connectivity index (χ4n) is 7.52. The third-order valence-corrected chi connectivity index (χ3v) is 9.60. The lowest BCUT2D eigenvalue weighted by Crippen LogP contribution is -2.34. The first-order valence-electron chi connectivity index (χ1n) is 15.8. The summed E-state index contributed by atoms with van der Waals surface area (Å²) < 4.78 is 6.88. The van der Waals surface area contributed by atoms with Crippen LogP contribution in [0.4, 0.5) is 0 Å². The largest absolute Gasteiger partial charge is 0.457 e. The molecule has 0 aliphatic carbocycles. The average Bonchev–Trinajstić information content (AvgIpc) is 3.14. The number of fused-ring (bicyclic) bond motifs is 6. The standard InChI is InChI=1S/C45H30O/c1-3-11-31(12-4-1)33-19-25-37(26-20-33)45(38-27-21-34(22-28-38)32-13-5-2-6-14-32)43-39-17-9-7-15-35(39)23-29-41(43)46-42-30-24-36-16-8-10-18-40(36)44(42)45/h1-30H. The van der Waals surface area contributed by atoms with E-state index in [1.807, 2.05) is 0 Å². The van der Waals surface area contributed by atoms with Crippen LogP contribution < -0.4 is 4.74 Å². The Hall–Kier alpha value is -5.92. The van der Waals surface area contributed by atoms with E-state index in [1.54, 1.807) is 0 Å². The maximum Gasteiger partial charge on any atom is 0.132 e. The second-order valence-corrected chi connectivity index (χ2v) is 12.1. The predicted molar refractivity (Wildman–Crippen MR) is 191 cm³/mol. The van der Waals surface area contributed by atoms with E-state index in [0.29, 0.717) is 0 Å². The Kier molecular flexibility index (Phi) is 6.11. The first kappa shape index (κ1) is 26.5. The van der Waals surface area contributed by atoms with Gasteiger partial charge in [0.1, 0.15) is 11.5 Å². The van der Waals surface area contributed by atoms with Gasteiger partial charge in [0, 0.05) is 11.1 Å². The van der Waals surface area contributed by atoms with Gasteiger partial charge in [-0.15, -0.1) is 0 Å². The highest BCUT2D eigenvalue weighted by atomic mass is 16.5. The highest BCUT2D eigenvalue weighted by Crippen LogP contribution is 2.59. The molecular weight excluding hydrogens is 556 g/mol. The van der Waals surface area contributed by atoms with Gasteiger partial charge < -0.3 is 4.74 Å². The molecule has 8 aromatic carbocycles. The zero-order valence-electron chi connectivity index (χ0n) is 25.2. The van der Waals surface area contributed by atoms with Crippen molar-refractivity contribution in [3.05, 3.63) is 204 Å². The normalized spacial score (nSPS) is 13.1. The summed E-state index contributed by atoms with van der Waals surface area (Å²) in [7, 11) is 0. The Bertz CT molecular complexity index is 2180. The molecule has 46 heavy (non-hydrogen) atoms. The van der Waals surface area contributed by atoms with Crippen LogP contribution in [0.15, 0.2) is 182 Å². The minimum absolute atomic E-state index is 0.658. The first-order chi connectivity index (χ1) is 22.8. The van der Waals surface area contributed by atoms with Crippen molar-refractivity contribution in [3.8, 4) is 33.8 Å². The SMILES string of the molecule is c1ccc(-c2ccc(C3(c4ccc(-c5ccccc5)cc4)c4c(ccc5ccccc45)Oc4ccc5ccccc5c43)cc2)cc1. The number of benzene rings is 8. The molecule has 9 rings (SSSR count). The van der Waals surface area contributed by atoms with Crippen LogP contribution in [-0.2, 0) is 5.41 Å². The van der Waals surface area contributed by atoms with Crippen LogP contribution >= 0.6 is 0 Å². The fourth-order valence-corrected chi connectivity index (χ4v) is 7.52. The van der Waals surface area contributed by atoms with Crippen LogP contribution in [0.1, 0.15) is 22.3 Å². The molecule has 216 valence electrons. The van der Waals surface area contributed by atoms with Crippen molar-refractivity contribution < 1.29 is 4.74 Å². The quantitative estimate of drug-likeness (QED) is 0.199. The Labute approximate surface area is 269 Å². The molecule has 1 aliphatic heterocycles. The molecule has 0 unspecified atom stereocenters. The van der Waals surface area contributed by atoms with Crippen molar-refractivity contribution in [2.24, 2.45) is 0 Å². The van der Waals surface area contributed by atoms with Crippen LogP contribution in [0.5, 0.6) is 11.5 Å². The molecule has 1 aliphatic rings. The Balaban J connectivity index is 1.42. The zero-order chi connectivity index (χ0) is 30.5. The maximum absolute atomic E-state index is 6.88. The molecule has 0 bridgehead atoms. The van der Waals surface area contributed by atoms with Crippen LogP contribution in [0.25, 0.3) is 43.8 Å². The molecule has 1 nitrogen and oxygen atoms in total. The third kappa shape index (κ3) is 4.02. The van der Waals surface area contributed by atoms with Crippen molar-refractivity contribution >= 4 is 21.5 Å². The minimum atomic E-state index is -0.658. The Morgan fingerprint density at radius 3 is 1.11 bits per heavy atom. The van der Waals surface area contributed by atoms with E-state index in [4.69, 9.17) is 4.74 Å². The van der Waals surface area contributed by atoms with Gasteiger partial charge in [0.2, 0.25) is 0 Å². The van der Waals surface area contributed by atoms with Gasteiger partial charge in [0.05, 0.1) is 5.41 Å². The summed E-state index contributed by atoms with van der Waals surface area (Å²) >= 11 is 0. The van der Waals surface area contributed by atoms with E-state index in [1.165, 1.54) is 66.1 Å². The zero-order valence-corrected chi connectivity index (χ0v) is 25.2. The molecule has 0 saturated heterocycles. The Morgan fingerprint density at radius 1 is 0.304 bits per heavy atom. The highest BCUT2D eigenvalue weighted by molar-refractivity contribution is 5.98. The number of ether oxygens (including phenoxy) is 1. The van der Waals surface area contributed by atoms with Crippen LogP contribution in [-0.4, -0.2) is 0 Å². The van der Waals surface area contributed by atoms with Gasteiger partial charge in [0.25, 0.3) is 0 Å². The number of rotatable bonds is 4. The predicted octanol–water partition coefficient (Wildman–Crippen LogP) is 11.8. The van der Waals surface area contributed by atoms with Gasteiger partial charge in [-0.3, -0.25) is 0 Å². The van der Waals surface area contributed by atoms with Crippen LogP contribution in [0.2, 0.25) is 0 Å². The van der Waals surface area contributed by atoms with Crippen LogP contribution in [0.3, 0.4) is 0 Å². The van der Waals surface area contributed by atoms with Gasteiger partial charge in [-0.2, -0.15) is 0 Å². The molecule has 8 aromatic rings. The van der Waals surface area contributed by atoms with Crippen molar-refractivity contribution in [2.45, 2.75) is 5.41 Å². The van der Waals surface area contributed by atoms with Gasteiger partial charge in [-0.1, -0.05) is 170 Å². The Morgan fingerprint density at radius 2 is 0.674 bits per heavy atom. The molecule has 1 heteroatoms. The molecule has 0 aromatic heterocycles. The number of hydrogen-bond donors (Lipinski definition) is 0. The number of hydrogen-bond acceptors (Lipinski definition) is 1. The third-order valence-electron chi connectivity index (χ3n) is 9.60. The van der Waals surface area contributed by atoms with Crippen molar-refractivity contribution in [2.75, 3.05) is 0 Å². The lowest BCUT2D eigenvalue weighted by atomic mass is 9.61. The maximum atomic E-state index is 6.88. The lowest BCUT2D eigenvalue weighted by Gasteiger charge is -2.43. The summed E-state index contributed by atoms with van der Waals surface area (Å²) in [6.45, 7) is 0. The summed E-state index contributed by atoms with van der Waals surface area (Å²) in [6, 6.07) is 65.7. The molecule has 0 fully saturated rings. The smallest absolute Gasteiger partial charge is 0.132 e. The monoisotopic (exact) mass is 586 g/mol. The van der Waals surface area contributed by atoms with Gasteiger partial charge in [-0.25, -0.2) is 0 Å². The topological polar surface area (TPSA) is 9.23 Å². The van der Waals surface area contributed by atoms with E-state index in [2.05, 4.69) is 182 Å². The molecule has 0 spiro atoms. The van der Waals surface area contributed by atoms with Crippen LogP contribution in [0, 0.1) is 0 Å².